The van der Waals surface area contributed by atoms with E-state index in [9.17, 15) is 5.26 Å². The average Bonchev–Trinajstić information content (AvgIpc) is 3.02. The number of benzene rings is 1. The lowest BCUT2D eigenvalue weighted by atomic mass is 9.83. The third-order valence-electron chi connectivity index (χ3n) is 4.26. The van der Waals surface area contributed by atoms with Crippen molar-refractivity contribution in [2.75, 3.05) is 14.2 Å². The van der Waals surface area contributed by atoms with Gasteiger partial charge in [-0.05, 0) is 24.6 Å². The standard InChI is InChI=1S/C18H20N4O3/c1-4-5-13-16-15(11-8-10(23-2)6-7-14(11)24-3)12(9-19)17(20)25-18(16)22-21-13/h6-8,15H,4-5,20H2,1-3H3,(H,21,22). The summed E-state index contributed by atoms with van der Waals surface area (Å²) in [7, 11) is 3.18. The molecule has 1 unspecified atom stereocenters. The Balaban J connectivity index is 2.27. The Labute approximate surface area is 146 Å². The molecule has 1 atom stereocenters. The molecule has 0 spiro atoms. The molecule has 0 fully saturated rings. The molecule has 7 nitrogen and oxygen atoms in total. The molecule has 7 heteroatoms. The summed E-state index contributed by atoms with van der Waals surface area (Å²) in [5.41, 5.74) is 8.78. The van der Waals surface area contributed by atoms with Crippen molar-refractivity contribution in [3.05, 3.63) is 46.5 Å². The summed E-state index contributed by atoms with van der Waals surface area (Å²) in [6.45, 7) is 2.07. The zero-order valence-electron chi connectivity index (χ0n) is 14.4. The number of nitrogens with one attached hydrogen (secondary N) is 1. The van der Waals surface area contributed by atoms with E-state index in [1.165, 1.54) is 0 Å². The molecular weight excluding hydrogens is 320 g/mol. The zero-order valence-corrected chi connectivity index (χ0v) is 14.4. The number of aromatic amines is 1. The van der Waals surface area contributed by atoms with Gasteiger partial charge in [-0.25, -0.2) is 5.10 Å². The topological polar surface area (TPSA) is 106 Å². The van der Waals surface area contributed by atoms with Gasteiger partial charge in [0.2, 0.25) is 11.8 Å². The van der Waals surface area contributed by atoms with Gasteiger partial charge >= 0.3 is 0 Å². The van der Waals surface area contributed by atoms with Gasteiger partial charge in [-0.1, -0.05) is 13.3 Å². The molecule has 0 saturated heterocycles. The summed E-state index contributed by atoms with van der Waals surface area (Å²) >= 11 is 0. The highest BCUT2D eigenvalue weighted by molar-refractivity contribution is 5.59. The smallest absolute Gasteiger partial charge is 0.221 e. The van der Waals surface area contributed by atoms with E-state index >= 15 is 0 Å². The van der Waals surface area contributed by atoms with Crippen LogP contribution < -0.4 is 19.9 Å². The molecule has 0 saturated carbocycles. The van der Waals surface area contributed by atoms with Gasteiger partial charge in [-0.2, -0.15) is 10.4 Å². The van der Waals surface area contributed by atoms with Crippen LogP contribution in [0.2, 0.25) is 0 Å². The first-order chi connectivity index (χ1) is 12.1. The Hall–Kier alpha value is -3.14. The number of aryl methyl sites for hydroxylation is 1. The van der Waals surface area contributed by atoms with Gasteiger partial charge in [0.15, 0.2) is 0 Å². The first-order valence-corrected chi connectivity index (χ1v) is 8.01. The maximum absolute atomic E-state index is 9.70. The van der Waals surface area contributed by atoms with Crippen LogP contribution in [0.3, 0.4) is 0 Å². The van der Waals surface area contributed by atoms with Crippen LogP contribution in [0.5, 0.6) is 17.4 Å². The van der Waals surface area contributed by atoms with Crippen LogP contribution in [0.15, 0.2) is 29.7 Å². The molecule has 0 amide bonds. The van der Waals surface area contributed by atoms with Crippen molar-refractivity contribution in [1.82, 2.24) is 10.2 Å². The minimum atomic E-state index is -0.431. The maximum atomic E-state index is 9.70. The normalized spacial score (nSPS) is 16.0. The molecule has 3 rings (SSSR count). The van der Waals surface area contributed by atoms with Crippen molar-refractivity contribution in [3.8, 4) is 23.4 Å². The summed E-state index contributed by atoms with van der Waals surface area (Å²) in [4.78, 5) is 0. The van der Waals surface area contributed by atoms with Gasteiger partial charge in [0.05, 0.1) is 31.4 Å². The molecule has 1 aromatic heterocycles. The van der Waals surface area contributed by atoms with Crippen molar-refractivity contribution in [2.45, 2.75) is 25.7 Å². The number of ether oxygens (including phenoxy) is 3. The van der Waals surface area contributed by atoms with Crippen molar-refractivity contribution in [3.63, 3.8) is 0 Å². The number of nitrogens with zero attached hydrogens (tertiary/aromatic N) is 2. The number of rotatable bonds is 5. The molecule has 1 aliphatic rings. The molecule has 2 aromatic rings. The number of nitrogens with two attached hydrogens (primary N) is 1. The monoisotopic (exact) mass is 340 g/mol. The number of aromatic nitrogens is 2. The van der Waals surface area contributed by atoms with Crippen molar-refractivity contribution >= 4 is 0 Å². The fourth-order valence-corrected chi connectivity index (χ4v) is 3.12. The average molecular weight is 340 g/mol. The molecule has 130 valence electrons. The highest BCUT2D eigenvalue weighted by atomic mass is 16.5. The fourth-order valence-electron chi connectivity index (χ4n) is 3.12. The second-order valence-corrected chi connectivity index (χ2v) is 5.70. The molecule has 25 heavy (non-hydrogen) atoms. The van der Waals surface area contributed by atoms with Crippen LogP contribution in [0, 0.1) is 11.3 Å². The van der Waals surface area contributed by atoms with E-state index in [0.717, 1.165) is 29.7 Å². The first-order valence-electron chi connectivity index (χ1n) is 8.01. The van der Waals surface area contributed by atoms with Crippen LogP contribution in [0.4, 0.5) is 0 Å². The number of fused-ring (bicyclic) bond motifs is 1. The number of hydrogen-bond donors (Lipinski definition) is 2. The molecule has 0 bridgehead atoms. The first kappa shape index (κ1) is 16.7. The number of allylic oxidation sites excluding steroid dienone is 1. The lowest BCUT2D eigenvalue weighted by molar-refractivity contribution is 0.373. The second kappa shape index (κ2) is 6.77. The van der Waals surface area contributed by atoms with Crippen LogP contribution in [0.25, 0.3) is 0 Å². The Morgan fingerprint density at radius 2 is 2.16 bits per heavy atom. The van der Waals surface area contributed by atoms with E-state index in [1.54, 1.807) is 14.2 Å². The Bertz CT molecular complexity index is 864. The van der Waals surface area contributed by atoms with E-state index in [0.29, 0.717) is 23.0 Å². The highest BCUT2D eigenvalue weighted by Crippen LogP contribution is 2.46. The minimum Gasteiger partial charge on any atom is -0.497 e. The Morgan fingerprint density at radius 1 is 1.36 bits per heavy atom. The van der Waals surface area contributed by atoms with E-state index < -0.39 is 5.92 Å². The lowest BCUT2D eigenvalue weighted by Crippen LogP contribution is -2.21. The zero-order chi connectivity index (χ0) is 18.0. The van der Waals surface area contributed by atoms with Gasteiger partial charge in [0.1, 0.15) is 23.1 Å². The molecular formula is C18H20N4O3. The predicted octanol–water partition coefficient (Wildman–Crippen LogP) is 2.60. The SMILES string of the molecule is CCCc1n[nH]c2c1C(c1cc(OC)ccc1OC)C(C#N)=C(N)O2. The Morgan fingerprint density at radius 3 is 2.80 bits per heavy atom. The molecule has 1 aliphatic heterocycles. The van der Waals surface area contributed by atoms with Crippen LogP contribution in [0.1, 0.15) is 36.1 Å². The van der Waals surface area contributed by atoms with Gasteiger partial charge in [-0.15, -0.1) is 0 Å². The number of methoxy groups -OCH3 is 2. The van der Waals surface area contributed by atoms with Crippen molar-refractivity contribution in [1.29, 1.82) is 5.26 Å². The summed E-state index contributed by atoms with van der Waals surface area (Å²) in [5.74, 6) is 1.41. The summed E-state index contributed by atoms with van der Waals surface area (Å²) < 4.78 is 16.5. The van der Waals surface area contributed by atoms with Gasteiger partial charge < -0.3 is 19.9 Å². The molecule has 3 N–H and O–H groups in total. The van der Waals surface area contributed by atoms with Gasteiger partial charge in [0.25, 0.3) is 0 Å². The van der Waals surface area contributed by atoms with E-state index in [4.69, 9.17) is 19.9 Å². The van der Waals surface area contributed by atoms with E-state index in [2.05, 4.69) is 23.2 Å². The van der Waals surface area contributed by atoms with E-state index in [1.807, 2.05) is 18.2 Å². The van der Waals surface area contributed by atoms with Gasteiger partial charge in [-0.3, -0.25) is 0 Å². The third-order valence-corrected chi connectivity index (χ3v) is 4.26. The second-order valence-electron chi connectivity index (χ2n) is 5.70. The predicted molar refractivity (Wildman–Crippen MR) is 91.4 cm³/mol. The summed E-state index contributed by atoms with van der Waals surface area (Å²) in [6, 6.07) is 7.66. The number of nitriles is 1. The molecule has 1 aromatic carbocycles. The number of hydrogen-bond acceptors (Lipinski definition) is 6. The van der Waals surface area contributed by atoms with E-state index in [-0.39, 0.29) is 5.88 Å². The molecule has 0 aliphatic carbocycles. The lowest BCUT2D eigenvalue weighted by Gasteiger charge is -2.25. The summed E-state index contributed by atoms with van der Waals surface area (Å²) in [6.07, 6.45) is 1.68. The Kier molecular flexibility index (Phi) is 4.52. The minimum absolute atomic E-state index is 0.0663. The quantitative estimate of drug-likeness (QED) is 0.866. The van der Waals surface area contributed by atoms with Gasteiger partial charge in [0, 0.05) is 5.56 Å². The fraction of sp³-hybridized carbons (Fsp3) is 0.333. The van der Waals surface area contributed by atoms with Crippen molar-refractivity contribution in [2.24, 2.45) is 5.73 Å². The van der Waals surface area contributed by atoms with Crippen molar-refractivity contribution < 1.29 is 14.2 Å². The highest BCUT2D eigenvalue weighted by Gasteiger charge is 2.36. The summed E-state index contributed by atoms with van der Waals surface area (Å²) in [5, 5.41) is 16.9. The number of H-pyrrole nitrogens is 1. The third kappa shape index (κ3) is 2.76. The molecule has 2 heterocycles. The van der Waals surface area contributed by atoms with Crippen LogP contribution in [-0.4, -0.2) is 24.4 Å². The van der Waals surface area contributed by atoms with Crippen LogP contribution in [-0.2, 0) is 6.42 Å². The maximum Gasteiger partial charge on any atom is 0.221 e. The van der Waals surface area contributed by atoms with Crippen LogP contribution >= 0.6 is 0 Å². The molecule has 0 radical (unpaired) electrons. The largest absolute Gasteiger partial charge is 0.497 e.